The van der Waals surface area contributed by atoms with E-state index in [4.69, 9.17) is 0 Å². The number of anilines is 1. The van der Waals surface area contributed by atoms with Gasteiger partial charge in [-0.05, 0) is 50.2 Å². The predicted molar refractivity (Wildman–Crippen MR) is 82.6 cm³/mol. The predicted octanol–water partition coefficient (Wildman–Crippen LogP) is 5.02. The van der Waals surface area contributed by atoms with Crippen molar-refractivity contribution in [2.45, 2.75) is 63.8 Å². The van der Waals surface area contributed by atoms with Crippen LogP contribution in [0.15, 0.2) is 30.3 Å². The summed E-state index contributed by atoms with van der Waals surface area (Å²) in [7, 11) is 0. The Morgan fingerprint density at radius 3 is 2.16 bits per heavy atom. The second-order valence-electron chi connectivity index (χ2n) is 6.34. The summed E-state index contributed by atoms with van der Waals surface area (Å²) in [6.07, 6.45) is 13.0. The minimum atomic E-state index is 0.814. The lowest BCUT2D eigenvalue weighted by atomic mass is 9.85. The van der Waals surface area contributed by atoms with Gasteiger partial charge >= 0.3 is 0 Å². The molecule has 1 aliphatic carbocycles. The quantitative estimate of drug-likeness (QED) is 0.673. The van der Waals surface area contributed by atoms with E-state index in [1.807, 2.05) is 0 Å². The zero-order valence-electron chi connectivity index (χ0n) is 12.1. The van der Waals surface area contributed by atoms with Gasteiger partial charge in [-0.1, -0.05) is 43.9 Å². The number of hydrogen-bond acceptors (Lipinski definition) is 1. The zero-order chi connectivity index (χ0) is 12.9. The van der Waals surface area contributed by atoms with E-state index in [2.05, 4.69) is 35.2 Å². The highest BCUT2D eigenvalue weighted by molar-refractivity contribution is 5.47. The van der Waals surface area contributed by atoms with Crippen molar-refractivity contribution in [3.63, 3.8) is 0 Å². The number of hydrogen-bond donors (Lipinski definition) is 0. The summed E-state index contributed by atoms with van der Waals surface area (Å²) in [5.41, 5.74) is 1.46. The van der Waals surface area contributed by atoms with Crippen LogP contribution < -0.4 is 4.90 Å². The van der Waals surface area contributed by atoms with E-state index >= 15 is 0 Å². The molecule has 3 rings (SSSR count). The fourth-order valence-corrected chi connectivity index (χ4v) is 4.08. The average molecular weight is 257 g/mol. The molecule has 1 aliphatic heterocycles. The van der Waals surface area contributed by atoms with Crippen LogP contribution in [0.2, 0.25) is 0 Å². The number of piperidine rings is 1. The Morgan fingerprint density at radius 1 is 0.737 bits per heavy atom. The SMILES string of the molecule is c1ccc(N2CCCCC2C2CCCCCC2)cc1. The molecule has 1 heteroatoms. The molecule has 0 radical (unpaired) electrons. The van der Waals surface area contributed by atoms with Crippen LogP contribution in [0.4, 0.5) is 5.69 Å². The van der Waals surface area contributed by atoms with Gasteiger partial charge < -0.3 is 4.90 Å². The molecule has 0 N–H and O–H groups in total. The normalized spacial score (nSPS) is 26.1. The lowest BCUT2D eigenvalue weighted by Crippen LogP contribution is -2.44. The Morgan fingerprint density at radius 2 is 1.42 bits per heavy atom. The van der Waals surface area contributed by atoms with Gasteiger partial charge in [0.25, 0.3) is 0 Å². The molecular formula is C18H27N. The van der Waals surface area contributed by atoms with Crippen molar-refractivity contribution >= 4 is 5.69 Å². The van der Waals surface area contributed by atoms with Crippen molar-refractivity contribution in [2.24, 2.45) is 5.92 Å². The minimum absolute atomic E-state index is 0.814. The molecule has 1 unspecified atom stereocenters. The summed E-state index contributed by atoms with van der Waals surface area (Å²) < 4.78 is 0. The van der Waals surface area contributed by atoms with Crippen LogP contribution in [-0.4, -0.2) is 12.6 Å². The lowest BCUT2D eigenvalue weighted by molar-refractivity contribution is 0.308. The Bertz CT molecular complexity index is 365. The molecule has 1 nitrogen and oxygen atoms in total. The summed E-state index contributed by atoms with van der Waals surface area (Å²) in [6.45, 7) is 1.27. The maximum Gasteiger partial charge on any atom is 0.0368 e. The highest BCUT2D eigenvalue weighted by Crippen LogP contribution is 2.35. The lowest BCUT2D eigenvalue weighted by Gasteiger charge is -2.42. The highest BCUT2D eigenvalue weighted by Gasteiger charge is 2.30. The third-order valence-corrected chi connectivity index (χ3v) is 5.08. The van der Waals surface area contributed by atoms with Crippen molar-refractivity contribution in [3.05, 3.63) is 30.3 Å². The van der Waals surface area contributed by atoms with Gasteiger partial charge in [0.05, 0.1) is 0 Å². The molecule has 1 atom stereocenters. The molecule has 0 aromatic heterocycles. The Hall–Kier alpha value is -0.980. The van der Waals surface area contributed by atoms with E-state index in [1.165, 1.54) is 70.0 Å². The maximum absolute atomic E-state index is 2.72. The summed E-state index contributed by atoms with van der Waals surface area (Å²) in [6, 6.07) is 11.9. The number of nitrogens with zero attached hydrogens (tertiary/aromatic N) is 1. The highest BCUT2D eigenvalue weighted by atomic mass is 15.2. The van der Waals surface area contributed by atoms with Gasteiger partial charge in [0.1, 0.15) is 0 Å². The van der Waals surface area contributed by atoms with Gasteiger partial charge in [-0.2, -0.15) is 0 Å². The summed E-state index contributed by atoms with van der Waals surface area (Å²) in [5.74, 6) is 0.947. The van der Waals surface area contributed by atoms with Crippen LogP contribution in [0.3, 0.4) is 0 Å². The van der Waals surface area contributed by atoms with Crippen LogP contribution in [0.25, 0.3) is 0 Å². The molecule has 2 fully saturated rings. The molecule has 1 aromatic rings. The molecule has 1 saturated heterocycles. The van der Waals surface area contributed by atoms with Crippen molar-refractivity contribution in [1.82, 2.24) is 0 Å². The Balaban J connectivity index is 1.76. The molecule has 1 saturated carbocycles. The molecule has 2 aliphatic rings. The van der Waals surface area contributed by atoms with Crippen LogP contribution >= 0.6 is 0 Å². The Kier molecular flexibility index (Phi) is 4.42. The zero-order valence-corrected chi connectivity index (χ0v) is 12.1. The third kappa shape index (κ3) is 3.13. The Labute approximate surface area is 118 Å². The molecular weight excluding hydrogens is 230 g/mol. The molecule has 1 aromatic carbocycles. The molecule has 0 amide bonds. The average Bonchev–Trinajstić information content (AvgIpc) is 2.77. The summed E-state index contributed by atoms with van der Waals surface area (Å²) in [5, 5.41) is 0. The van der Waals surface area contributed by atoms with Gasteiger partial charge in [0.15, 0.2) is 0 Å². The van der Waals surface area contributed by atoms with E-state index < -0.39 is 0 Å². The molecule has 19 heavy (non-hydrogen) atoms. The standard InChI is InChI=1S/C18H27N/c1-2-5-11-16(10-4-1)18-14-8-9-15-19(18)17-12-6-3-7-13-17/h3,6-7,12-13,16,18H,1-2,4-5,8-11,14-15H2. The van der Waals surface area contributed by atoms with Gasteiger partial charge in [0.2, 0.25) is 0 Å². The summed E-state index contributed by atoms with van der Waals surface area (Å²) in [4.78, 5) is 2.72. The molecule has 0 bridgehead atoms. The van der Waals surface area contributed by atoms with Crippen molar-refractivity contribution in [2.75, 3.05) is 11.4 Å². The summed E-state index contributed by atoms with van der Waals surface area (Å²) >= 11 is 0. The van der Waals surface area contributed by atoms with Gasteiger partial charge in [-0.3, -0.25) is 0 Å². The number of rotatable bonds is 2. The van der Waals surface area contributed by atoms with Gasteiger partial charge in [0, 0.05) is 18.3 Å². The molecule has 1 heterocycles. The second kappa shape index (κ2) is 6.45. The van der Waals surface area contributed by atoms with Crippen LogP contribution in [-0.2, 0) is 0 Å². The first-order chi connectivity index (χ1) is 9.45. The van der Waals surface area contributed by atoms with E-state index in [-0.39, 0.29) is 0 Å². The topological polar surface area (TPSA) is 3.24 Å². The van der Waals surface area contributed by atoms with Crippen molar-refractivity contribution < 1.29 is 0 Å². The third-order valence-electron chi connectivity index (χ3n) is 5.08. The number of para-hydroxylation sites is 1. The minimum Gasteiger partial charge on any atom is -0.368 e. The first-order valence-electron chi connectivity index (χ1n) is 8.27. The monoisotopic (exact) mass is 257 g/mol. The molecule has 0 spiro atoms. The maximum atomic E-state index is 2.72. The van der Waals surface area contributed by atoms with E-state index in [0.29, 0.717) is 0 Å². The van der Waals surface area contributed by atoms with Crippen molar-refractivity contribution in [3.8, 4) is 0 Å². The van der Waals surface area contributed by atoms with Crippen LogP contribution in [0, 0.1) is 5.92 Å². The van der Waals surface area contributed by atoms with Gasteiger partial charge in [-0.15, -0.1) is 0 Å². The van der Waals surface area contributed by atoms with Crippen LogP contribution in [0.1, 0.15) is 57.8 Å². The smallest absolute Gasteiger partial charge is 0.0368 e. The second-order valence-corrected chi connectivity index (χ2v) is 6.34. The first kappa shape index (κ1) is 13.0. The van der Waals surface area contributed by atoms with Gasteiger partial charge in [-0.25, -0.2) is 0 Å². The molecule has 104 valence electrons. The van der Waals surface area contributed by atoms with E-state index in [1.54, 1.807) is 0 Å². The fourth-order valence-electron chi connectivity index (χ4n) is 4.08. The first-order valence-corrected chi connectivity index (χ1v) is 8.27. The van der Waals surface area contributed by atoms with E-state index in [0.717, 1.165) is 12.0 Å². The fraction of sp³-hybridized carbons (Fsp3) is 0.667. The largest absolute Gasteiger partial charge is 0.368 e. The van der Waals surface area contributed by atoms with Crippen molar-refractivity contribution in [1.29, 1.82) is 0 Å². The number of benzene rings is 1. The van der Waals surface area contributed by atoms with E-state index in [9.17, 15) is 0 Å². The van der Waals surface area contributed by atoms with Crippen LogP contribution in [0.5, 0.6) is 0 Å².